The van der Waals surface area contributed by atoms with Gasteiger partial charge in [0.05, 0.1) is 24.6 Å². The predicted octanol–water partition coefficient (Wildman–Crippen LogP) is 2.03. The first kappa shape index (κ1) is 17.1. The molecule has 0 spiro atoms. The second-order valence-corrected chi connectivity index (χ2v) is 8.35. The van der Waals surface area contributed by atoms with Crippen LogP contribution in [0.25, 0.3) is 11.1 Å². The van der Waals surface area contributed by atoms with E-state index in [2.05, 4.69) is 5.10 Å². The van der Waals surface area contributed by atoms with Gasteiger partial charge >= 0.3 is 0 Å². The van der Waals surface area contributed by atoms with Gasteiger partial charge in [0.15, 0.2) is 0 Å². The van der Waals surface area contributed by atoms with Crippen LogP contribution in [0.2, 0.25) is 0 Å². The average molecular weight is 349 g/mol. The van der Waals surface area contributed by atoms with Gasteiger partial charge in [0.1, 0.15) is 0 Å². The maximum Gasteiger partial charge on any atom is 0.213 e. The van der Waals surface area contributed by atoms with Crippen molar-refractivity contribution in [2.45, 2.75) is 32.4 Å². The topological polar surface area (TPSA) is 75.4 Å². The summed E-state index contributed by atoms with van der Waals surface area (Å²) in [5.74, 6) is 0.160. The molecule has 0 saturated carbocycles. The quantitative estimate of drug-likeness (QED) is 0.896. The molecule has 0 aliphatic carbocycles. The second-order valence-electron chi connectivity index (χ2n) is 6.09. The average Bonchev–Trinajstić information content (AvgIpc) is 3.12. The van der Waals surface area contributed by atoms with Gasteiger partial charge in [-0.05, 0) is 30.9 Å². The number of sulfonamides is 1. The Kier molecular flexibility index (Phi) is 5.03. The molecule has 0 amide bonds. The van der Waals surface area contributed by atoms with E-state index in [1.807, 2.05) is 41.3 Å². The lowest BCUT2D eigenvalue weighted by Gasteiger charge is -2.31. The first-order chi connectivity index (χ1) is 11.5. The molecule has 1 N–H and O–H groups in total. The van der Waals surface area contributed by atoms with E-state index in [1.54, 1.807) is 11.2 Å². The summed E-state index contributed by atoms with van der Waals surface area (Å²) in [6, 6.07) is 7.99. The van der Waals surface area contributed by atoms with Crippen LogP contribution < -0.4 is 0 Å². The van der Waals surface area contributed by atoms with Crippen LogP contribution in [0.15, 0.2) is 36.7 Å². The van der Waals surface area contributed by atoms with Crippen LogP contribution in [0.3, 0.4) is 0 Å². The number of aliphatic hydroxyl groups is 1. The lowest BCUT2D eigenvalue weighted by molar-refractivity contribution is 0.261. The van der Waals surface area contributed by atoms with Gasteiger partial charge in [-0.25, -0.2) is 12.7 Å². The number of piperidine rings is 1. The van der Waals surface area contributed by atoms with Gasteiger partial charge in [-0.15, -0.1) is 0 Å². The van der Waals surface area contributed by atoms with E-state index in [0.717, 1.165) is 29.5 Å². The number of benzene rings is 1. The molecule has 0 radical (unpaired) electrons. The van der Waals surface area contributed by atoms with E-state index < -0.39 is 10.0 Å². The first-order valence-corrected chi connectivity index (χ1v) is 9.86. The Morgan fingerprint density at radius 3 is 2.42 bits per heavy atom. The summed E-state index contributed by atoms with van der Waals surface area (Å²) in [4.78, 5) is 0. The van der Waals surface area contributed by atoms with Crippen LogP contribution in [-0.2, 0) is 16.6 Å². The molecule has 7 heteroatoms. The monoisotopic (exact) mass is 349 g/mol. The molecule has 1 aromatic carbocycles. The number of nitrogens with zero attached hydrogens (tertiary/aromatic N) is 3. The Labute approximate surface area is 142 Å². The Bertz CT molecular complexity index is 776. The van der Waals surface area contributed by atoms with Crippen LogP contribution in [0.4, 0.5) is 0 Å². The van der Waals surface area contributed by atoms with E-state index in [1.165, 1.54) is 0 Å². The fourth-order valence-electron chi connectivity index (χ4n) is 3.06. The standard InChI is InChI=1S/C17H23N3O3S/c1-2-24(22,23)19-9-7-17(8-10-19)20-12-16(11-18-20)15-5-3-14(13-21)4-6-15/h3-6,11-12,17,21H,2,7-10,13H2,1H3. The van der Waals surface area contributed by atoms with Crippen LogP contribution in [0.1, 0.15) is 31.4 Å². The fourth-order valence-corrected chi connectivity index (χ4v) is 4.19. The number of aliphatic hydroxyl groups excluding tert-OH is 1. The summed E-state index contributed by atoms with van der Waals surface area (Å²) in [7, 11) is -3.09. The zero-order valence-electron chi connectivity index (χ0n) is 13.8. The van der Waals surface area contributed by atoms with Crippen molar-refractivity contribution in [2.24, 2.45) is 0 Å². The van der Waals surface area contributed by atoms with Gasteiger partial charge in [0.25, 0.3) is 0 Å². The van der Waals surface area contributed by atoms with E-state index in [0.29, 0.717) is 13.1 Å². The molecule has 1 aliphatic rings. The third-order valence-corrected chi connectivity index (χ3v) is 6.51. The summed E-state index contributed by atoms with van der Waals surface area (Å²) >= 11 is 0. The molecule has 2 heterocycles. The van der Waals surface area contributed by atoms with Crippen molar-refractivity contribution in [1.29, 1.82) is 0 Å². The van der Waals surface area contributed by atoms with Crippen molar-refractivity contribution in [3.63, 3.8) is 0 Å². The Balaban J connectivity index is 1.68. The van der Waals surface area contributed by atoms with E-state index in [9.17, 15) is 8.42 Å². The van der Waals surface area contributed by atoms with Crippen molar-refractivity contribution in [2.75, 3.05) is 18.8 Å². The molecular weight excluding hydrogens is 326 g/mol. The summed E-state index contributed by atoms with van der Waals surface area (Å²) in [5.41, 5.74) is 2.98. The van der Waals surface area contributed by atoms with Crippen LogP contribution in [0.5, 0.6) is 0 Å². The molecule has 130 valence electrons. The molecule has 24 heavy (non-hydrogen) atoms. The number of aromatic nitrogens is 2. The SMILES string of the molecule is CCS(=O)(=O)N1CCC(n2cc(-c3ccc(CO)cc3)cn2)CC1. The zero-order valence-corrected chi connectivity index (χ0v) is 14.6. The Morgan fingerprint density at radius 1 is 1.17 bits per heavy atom. The van der Waals surface area contributed by atoms with Gasteiger partial charge in [-0.3, -0.25) is 4.68 Å². The van der Waals surface area contributed by atoms with Gasteiger partial charge in [-0.1, -0.05) is 24.3 Å². The molecule has 0 bridgehead atoms. The summed E-state index contributed by atoms with van der Waals surface area (Å²) in [5, 5.41) is 13.6. The largest absolute Gasteiger partial charge is 0.392 e. The lowest BCUT2D eigenvalue weighted by Crippen LogP contribution is -2.39. The minimum absolute atomic E-state index is 0.0405. The van der Waals surface area contributed by atoms with Gasteiger partial charge in [-0.2, -0.15) is 5.10 Å². The molecular formula is C17H23N3O3S. The van der Waals surface area contributed by atoms with Gasteiger partial charge in [0.2, 0.25) is 10.0 Å². The molecule has 6 nitrogen and oxygen atoms in total. The highest BCUT2D eigenvalue weighted by Crippen LogP contribution is 2.26. The molecule has 3 rings (SSSR count). The van der Waals surface area contributed by atoms with E-state index in [-0.39, 0.29) is 18.4 Å². The summed E-state index contributed by atoms with van der Waals surface area (Å²) < 4.78 is 27.4. The maximum atomic E-state index is 11.9. The highest BCUT2D eigenvalue weighted by Gasteiger charge is 2.27. The number of rotatable bonds is 5. The smallest absolute Gasteiger partial charge is 0.213 e. The third kappa shape index (κ3) is 3.53. The minimum atomic E-state index is -3.09. The highest BCUT2D eigenvalue weighted by atomic mass is 32.2. The molecule has 1 aliphatic heterocycles. The van der Waals surface area contributed by atoms with E-state index in [4.69, 9.17) is 5.11 Å². The molecule has 1 fully saturated rings. The van der Waals surface area contributed by atoms with Crippen LogP contribution >= 0.6 is 0 Å². The fraction of sp³-hybridized carbons (Fsp3) is 0.471. The maximum absolute atomic E-state index is 11.9. The molecule has 1 saturated heterocycles. The van der Waals surface area contributed by atoms with Crippen molar-refractivity contribution in [1.82, 2.24) is 14.1 Å². The number of hydrogen-bond donors (Lipinski definition) is 1. The van der Waals surface area contributed by atoms with Crippen molar-refractivity contribution >= 4 is 10.0 Å². The number of hydrogen-bond acceptors (Lipinski definition) is 4. The summed E-state index contributed by atoms with van der Waals surface area (Å²) in [6.45, 7) is 2.84. The molecule has 2 aromatic rings. The van der Waals surface area contributed by atoms with Gasteiger partial charge in [0, 0.05) is 24.8 Å². The van der Waals surface area contributed by atoms with Crippen molar-refractivity contribution in [3.8, 4) is 11.1 Å². The molecule has 0 atom stereocenters. The van der Waals surface area contributed by atoms with Crippen LogP contribution in [-0.4, -0.2) is 46.5 Å². The van der Waals surface area contributed by atoms with Crippen LogP contribution in [0, 0.1) is 0 Å². The Hall–Kier alpha value is -1.70. The third-order valence-electron chi connectivity index (χ3n) is 4.63. The Morgan fingerprint density at radius 2 is 1.83 bits per heavy atom. The zero-order chi connectivity index (χ0) is 17.2. The highest BCUT2D eigenvalue weighted by molar-refractivity contribution is 7.89. The van der Waals surface area contributed by atoms with Gasteiger partial charge < -0.3 is 5.11 Å². The molecule has 1 aromatic heterocycles. The van der Waals surface area contributed by atoms with E-state index >= 15 is 0 Å². The predicted molar refractivity (Wildman–Crippen MR) is 92.9 cm³/mol. The lowest BCUT2D eigenvalue weighted by atomic mass is 10.1. The van der Waals surface area contributed by atoms with Crippen molar-refractivity contribution in [3.05, 3.63) is 42.2 Å². The molecule has 0 unspecified atom stereocenters. The first-order valence-electron chi connectivity index (χ1n) is 8.25. The van der Waals surface area contributed by atoms with Crippen molar-refractivity contribution < 1.29 is 13.5 Å². The minimum Gasteiger partial charge on any atom is -0.392 e. The second kappa shape index (κ2) is 7.04. The normalized spacial score (nSPS) is 17.2. The summed E-state index contributed by atoms with van der Waals surface area (Å²) in [6.07, 6.45) is 5.42.